The molecule has 2 atom stereocenters. The molecule has 0 bridgehead atoms. The van der Waals surface area contributed by atoms with Gasteiger partial charge in [-0.15, -0.1) is 22.6 Å². The van der Waals surface area contributed by atoms with Crippen LogP contribution in [0.5, 0.6) is 0 Å². The number of aromatic nitrogens is 3. The van der Waals surface area contributed by atoms with Crippen LogP contribution >= 0.6 is 12.4 Å². The predicted octanol–water partition coefficient (Wildman–Crippen LogP) is 2.75. The molecule has 0 amide bonds. The van der Waals surface area contributed by atoms with Crippen molar-refractivity contribution >= 4 is 12.4 Å². The molecule has 2 aromatic rings. The molecule has 1 aliphatic heterocycles. The lowest BCUT2D eigenvalue weighted by Crippen LogP contribution is -2.32. The van der Waals surface area contributed by atoms with Gasteiger partial charge in [0, 0.05) is 12.2 Å². The Bertz CT molecular complexity index is 639. The number of pyridine rings is 1. The monoisotopic (exact) mass is 350 g/mol. The first kappa shape index (κ1) is 17.6. The smallest absolute Gasteiger partial charge is 0.418 e. The van der Waals surface area contributed by atoms with Crippen molar-refractivity contribution in [1.29, 1.82) is 0 Å². The molecule has 3 rings (SSSR count). The minimum absolute atomic E-state index is 0. The Labute approximate surface area is 135 Å². The second kappa shape index (κ2) is 6.81. The Kier molecular flexibility index (Phi) is 5.23. The SMILES string of the molecule is Cl.N[C@@H]1CC[C@@H](c2nnc(-c3ccc(C(F)(F)F)nc3)o2)OC1. The molecule has 0 aromatic carbocycles. The fourth-order valence-electron chi connectivity index (χ4n) is 2.14. The molecule has 126 valence electrons. The largest absolute Gasteiger partial charge is 0.433 e. The third-order valence-electron chi connectivity index (χ3n) is 3.33. The Balaban J connectivity index is 0.00000192. The minimum atomic E-state index is -4.48. The molecule has 0 radical (unpaired) electrons. The molecule has 1 fully saturated rings. The van der Waals surface area contributed by atoms with Crippen LogP contribution in [0.15, 0.2) is 22.7 Å². The van der Waals surface area contributed by atoms with E-state index < -0.39 is 11.9 Å². The highest BCUT2D eigenvalue weighted by Crippen LogP contribution is 2.30. The van der Waals surface area contributed by atoms with Gasteiger partial charge in [-0.25, -0.2) is 0 Å². The van der Waals surface area contributed by atoms with Crippen molar-refractivity contribution in [2.75, 3.05) is 6.61 Å². The second-order valence-corrected chi connectivity index (χ2v) is 5.03. The first-order valence-electron chi connectivity index (χ1n) is 6.67. The highest BCUT2D eigenvalue weighted by molar-refractivity contribution is 5.85. The summed E-state index contributed by atoms with van der Waals surface area (Å²) in [6.07, 6.45) is -2.31. The van der Waals surface area contributed by atoms with Crippen LogP contribution in [0.3, 0.4) is 0 Å². The molecule has 23 heavy (non-hydrogen) atoms. The molecule has 0 saturated carbocycles. The third-order valence-corrected chi connectivity index (χ3v) is 3.33. The van der Waals surface area contributed by atoms with E-state index >= 15 is 0 Å². The first-order chi connectivity index (χ1) is 10.4. The van der Waals surface area contributed by atoms with Gasteiger partial charge in [0.05, 0.1) is 12.2 Å². The molecule has 10 heteroatoms. The van der Waals surface area contributed by atoms with Gasteiger partial charge in [-0.1, -0.05) is 0 Å². The molecular weight excluding hydrogens is 337 g/mol. The first-order valence-corrected chi connectivity index (χ1v) is 6.67. The molecule has 0 spiro atoms. The predicted molar refractivity (Wildman–Crippen MR) is 75.7 cm³/mol. The number of nitrogens with zero attached hydrogens (tertiary/aromatic N) is 3. The van der Waals surface area contributed by atoms with Crippen LogP contribution in [0.25, 0.3) is 11.5 Å². The highest BCUT2D eigenvalue weighted by Gasteiger charge is 2.32. The molecule has 2 aromatic heterocycles. The van der Waals surface area contributed by atoms with E-state index in [1.807, 2.05) is 0 Å². The van der Waals surface area contributed by atoms with Gasteiger partial charge in [-0.05, 0) is 25.0 Å². The number of alkyl halides is 3. The van der Waals surface area contributed by atoms with Crippen molar-refractivity contribution in [2.24, 2.45) is 5.73 Å². The molecule has 0 unspecified atom stereocenters. The van der Waals surface area contributed by atoms with Gasteiger partial charge in [0.15, 0.2) is 0 Å². The van der Waals surface area contributed by atoms with Gasteiger partial charge in [-0.2, -0.15) is 13.2 Å². The average molecular weight is 351 g/mol. The maximum atomic E-state index is 12.5. The second-order valence-electron chi connectivity index (χ2n) is 5.03. The van der Waals surface area contributed by atoms with Crippen LogP contribution in [-0.4, -0.2) is 27.8 Å². The van der Waals surface area contributed by atoms with Crippen molar-refractivity contribution in [3.8, 4) is 11.5 Å². The summed E-state index contributed by atoms with van der Waals surface area (Å²) in [4.78, 5) is 3.36. The molecule has 1 aliphatic rings. The van der Waals surface area contributed by atoms with E-state index in [-0.39, 0.29) is 30.4 Å². The lowest BCUT2D eigenvalue weighted by molar-refractivity contribution is -0.141. The van der Waals surface area contributed by atoms with E-state index in [0.717, 1.165) is 18.7 Å². The standard InChI is InChI=1S/C13H13F3N4O2.ClH/c14-13(15,16)10-4-1-7(5-18-10)11-19-20-12(22-11)9-3-2-8(17)6-21-9;/h1,4-5,8-9H,2-3,6,17H2;1H/t8-,9+;/m1./s1. The summed E-state index contributed by atoms with van der Waals surface area (Å²) in [6, 6.07) is 2.11. The summed E-state index contributed by atoms with van der Waals surface area (Å²) in [6.45, 7) is 0.407. The van der Waals surface area contributed by atoms with Crippen LogP contribution in [0.4, 0.5) is 13.2 Å². The van der Waals surface area contributed by atoms with E-state index in [2.05, 4.69) is 15.2 Å². The Morgan fingerprint density at radius 3 is 2.52 bits per heavy atom. The number of rotatable bonds is 2. The minimum Gasteiger partial charge on any atom is -0.418 e. The van der Waals surface area contributed by atoms with E-state index in [0.29, 0.717) is 24.5 Å². The van der Waals surface area contributed by atoms with Crippen molar-refractivity contribution < 1.29 is 22.3 Å². The van der Waals surface area contributed by atoms with Gasteiger partial charge in [0.1, 0.15) is 11.8 Å². The Hall–Kier alpha value is -1.71. The molecule has 1 saturated heterocycles. The van der Waals surface area contributed by atoms with Crippen LogP contribution in [-0.2, 0) is 10.9 Å². The van der Waals surface area contributed by atoms with Crippen LogP contribution < -0.4 is 5.73 Å². The number of ether oxygens (including phenoxy) is 1. The summed E-state index contributed by atoms with van der Waals surface area (Å²) in [5, 5.41) is 7.70. The average Bonchev–Trinajstić information content (AvgIpc) is 2.97. The van der Waals surface area contributed by atoms with Crippen molar-refractivity contribution in [1.82, 2.24) is 15.2 Å². The fraction of sp³-hybridized carbons (Fsp3) is 0.462. The summed E-state index contributed by atoms with van der Waals surface area (Å²) < 4.78 is 48.3. The van der Waals surface area contributed by atoms with Gasteiger partial charge in [0.2, 0.25) is 11.8 Å². The number of nitrogens with two attached hydrogens (primary N) is 1. The normalized spacial score (nSPS) is 21.7. The Morgan fingerprint density at radius 2 is 1.96 bits per heavy atom. The van der Waals surface area contributed by atoms with Gasteiger partial charge in [0.25, 0.3) is 0 Å². The summed E-state index contributed by atoms with van der Waals surface area (Å²) in [5.74, 6) is 0.400. The van der Waals surface area contributed by atoms with E-state index in [1.165, 1.54) is 6.07 Å². The maximum Gasteiger partial charge on any atom is 0.433 e. The molecule has 0 aliphatic carbocycles. The summed E-state index contributed by atoms with van der Waals surface area (Å²) in [7, 11) is 0. The zero-order valence-corrected chi connectivity index (χ0v) is 12.6. The number of hydrogen-bond acceptors (Lipinski definition) is 6. The van der Waals surface area contributed by atoms with E-state index in [4.69, 9.17) is 14.9 Å². The van der Waals surface area contributed by atoms with E-state index in [1.54, 1.807) is 0 Å². The lowest BCUT2D eigenvalue weighted by atomic mass is 10.1. The highest BCUT2D eigenvalue weighted by atomic mass is 35.5. The fourth-order valence-corrected chi connectivity index (χ4v) is 2.14. The van der Waals surface area contributed by atoms with Crippen molar-refractivity contribution in [3.63, 3.8) is 0 Å². The zero-order valence-electron chi connectivity index (χ0n) is 11.8. The quantitative estimate of drug-likeness (QED) is 0.896. The van der Waals surface area contributed by atoms with Gasteiger partial charge < -0.3 is 14.9 Å². The van der Waals surface area contributed by atoms with Gasteiger partial charge >= 0.3 is 6.18 Å². The van der Waals surface area contributed by atoms with Crippen molar-refractivity contribution in [2.45, 2.75) is 31.2 Å². The van der Waals surface area contributed by atoms with Gasteiger partial charge in [-0.3, -0.25) is 4.98 Å². The third kappa shape index (κ3) is 3.98. The summed E-state index contributed by atoms with van der Waals surface area (Å²) in [5.41, 5.74) is 5.08. The molecule has 3 heterocycles. The zero-order chi connectivity index (χ0) is 15.7. The molecule has 6 nitrogen and oxygen atoms in total. The maximum absolute atomic E-state index is 12.5. The number of halogens is 4. The van der Waals surface area contributed by atoms with Crippen LogP contribution in [0, 0.1) is 0 Å². The Morgan fingerprint density at radius 1 is 1.17 bits per heavy atom. The molecular formula is C13H14ClF3N4O2. The summed E-state index contributed by atoms with van der Waals surface area (Å²) >= 11 is 0. The van der Waals surface area contributed by atoms with Crippen LogP contribution in [0.2, 0.25) is 0 Å². The van der Waals surface area contributed by atoms with E-state index in [9.17, 15) is 13.2 Å². The van der Waals surface area contributed by atoms with Crippen molar-refractivity contribution in [3.05, 3.63) is 29.9 Å². The lowest BCUT2D eigenvalue weighted by Gasteiger charge is -2.23. The topological polar surface area (TPSA) is 87.1 Å². The number of hydrogen-bond donors (Lipinski definition) is 1. The van der Waals surface area contributed by atoms with Crippen LogP contribution in [0.1, 0.15) is 30.5 Å². The molecule has 2 N–H and O–H groups in total.